The average molecular weight is 383 g/mol. The minimum Gasteiger partial charge on any atom is -0.368 e. The van der Waals surface area contributed by atoms with E-state index in [1.54, 1.807) is 0 Å². The molecule has 6 heteroatoms. The lowest BCUT2D eigenvalue weighted by molar-refractivity contribution is -0.131. The minimum absolute atomic E-state index is 0.167. The Labute approximate surface area is 167 Å². The number of benzene rings is 1. The van der Waals surface area contributed by atoms with Gasteiger partial charge in [-0.3, -0.25) is 9.59 Å². The highest BCUT2D eigenvalue weighted by Gasteiger charge is 2.21. The molecule has 2 aromatic rings. The van der Waals surface area contributed by atoms with Crippen LogP contribution in [0.25, 0.3) is 5.69 Å². The standard InChI is InChI=1S/C22H30N4O2/c1-4-21(27)9-6-10-22(28)25-13-11-24(12-14-25)19-7-5-8-20(16-19)26-18(3)15-17(2)23-26/h5,7-8,15-16H,4,6,9-14H2,1-3H3. The molecule has 1 saturated heterocycles. The van der Waals surface area contributed by atoms with Crippen molar-refractivity contribution in [1.29, 1.82) is 0 Å². The molecule has 1 aliphatic rings. The normalized spacial score (nSPS) is 14.4. The van der Waals surface area contributed by atoms with Gasteiger partial charge >= 0.3 is 0 Å². The second-order valence-corrected chi connectivity index (χ2v) is 7.47. The molecule has 0 aliphatic carbocycles. The zero-order chi connectivity index (χ0) is 20.1. The van der Waals surface area contributed by atoms with Crippen molar-refractivity contribution in [2.75, 3.05) is 31.1 Å². The van der Waals surface area contributed by atoms with Gasteiger partial charge in [0.2, 0.25) is 5.91 Å². The van der Waals surface area contributed by atoms with Crippen LogP contribution >= 0.6 is 0 Å². The lowest BCUT2D eigenvalue weighted by Crippen LogP contribution is -2.48. The van der Waals surface area contributed by atoms with Crippen LogP contribution in [-0.2, 0) is 9.59 Å². The number of aryl methyl sites for hydroxylation is 2. The monoisotopic (exact) mass is 382 g/mol. The molecular formula is C22H30N4O2. The Bertz CT molecular complexity index is 835. The highest BCUT2D eigenvalue weighted by molar-refractivity contribution is 5.80. The first-order chi connectivity index (χ1) is 13.5. The van der Waals surface area contributed by atoms with Gasteiger partial charge in [-0.15, -0.1) is 0 Å². The Morgan fingerprint density at radius 3 is 2.36 bits per heavy atom. The molecule has 3 rings (SSSR count). The van der Waals surface area contributed by atoms with Crippen LogP contribution in [0.15, 0.2) is 30.3 Å². The van der Waals surface area contributed by atoms with Crippen molar-refractivity contribution >= 4 is 17.4 Å². The predicted molar refractivity (Wildman–Crippen MR) is 111 cm³/mol. The Hall–Kier alpha value is -2.63. The van der Waals surface area contributed by atoms with Gasteiger partial charge in [0.15, 0.2) is 0 Å². The summed E-state index contributed by atoms with van der Waals surface area (Å²) in [5.74, 6) is 0.403. The number of carbonyl (C=O) groups is 2. The molecule has 0 N–H and O–H groups in total. The summed E-state index contributed by atoms with van der Waals surface area (Å²) < 4.78 is 1.97. The molecule has 1 fully saturated rings. The topological polar surface area (TPSA) is 58.4 Å². The molecule has 2 heterocycles. The first-order valence-electron chi connectivity index (χ1n) is 10.2. The fourth-order valence-electron chi connectivity index (χ4n) is 3.70. The van der Waals surface area contributed by atoms with Gasteiger partial charge in [-0.05, 0) is 44.5 Å². The lowest BCUT2D eigenvalue weighted by Gasteiger charge is -2.36. The van der Waals surface area contributed by atoms with Gasteiger partial charge in [-0.25, -0.2) is 4.68 Å². The summed E-state index contributed by atoms with van der Waals surface area (Å²) in [5, 5.41) is 4.57. The summed E-state index contributed by atoms with van der Waals surface area (Å²) in [6.07, 6.45) is 2.21. The van der Waals surface area contributed by atoms with Gasteiger partial charge in [0.05, 0.1) is 11.4 Å². The van der Waals surface area contributed by atoms with E-state index in [0.29, 0.717) is 25.7 Å². The highest BCUT2D eigenvalue weighted by Crippen LogP contribution is 2.21. The van der Waals surface area contributed by atoms with Crippen molar-refractivity contribution in [2.45, 2.75) is 46.5 Å². The largest absolute Gasteiger partial charge is 0.368 e. The SMILES string of the molecule is CCC(=O)CCCC(=O)N1CCN(c2cccc(-n3nc(C)cc3C)c2)CC1. The van der Waals surface area contributed by atoms with E-state index in [4.69, 9.17) is 0 Å². The van der Waals surface area contributed by atoms with Crippen LogP contribution in [0.5, 0.6) is 0 Å². The van der Waals surface area contributed by atoms with E-state index in [0.717, 1.165) is 48.9 Å². The summed E-state index contributed by atoms with van der Waals surface area (Å²) in [6, 6.07) is 10.5. The van der Waals surface area contributed by atoms with Gasteiger partial charge in [0.1, 0.15) is 5.78 Å². The van der Waals surface area contributed by atoms with E-state index in [2.05, 4.69) is 47.3 Å². The number of hydrogen-bond donors (Lipinski definition) is 0. The van der Waals surface area contributed by atoms with Gasteiger partial charge in [-0.1, -0.05) is 13.0 Å². The first-order valence-corrected chi connectivity index (χ1v) is 10.2. The van der Waals surface area contributed by atoms with Crippen LogP contribution in [0.1, 0.15) is 44.0 Å². The number of ketones is 1. The minimum atomic E-state index is 0.167. The maximum atomic E-state index is 12.4. The smallest absolute Gasteiger partial charge is 0.222 e. The van der Waals surface area contributed by atoms with Crippen molar-refractivity contribution < 1.29 is 9.59 Å². The van der Waals surface area contributed by atoms with Crippen molar-refractivity contribution in [1.82, 2.24) is 14.7 Å². The van der Waals surface area contributed by atoms with Gasteiger partial charge in [0.25, 0.3) is 0 Å². The molecule has 1 aliphatic heterocycles. The third-order valence-corrected chi connectivity index (χ3v) is 5.32. The summed E-state index contributed by atoms with van der Waals surface area (Å²) in [6.45, 7) is 9.02. The molecule has 1 amide bonds. The number of amides is 1. The van der Waals surface area contributed by atoms with Crippen molar-refractivity contribution in [3.05, 3.63) is 41.7 Å². The van der Waals surface area contributed by atoms with Gasteiger partial charge in [-0.2, -0.15) is 5.10 Å². The van der Waals surface area contributed by atoms with Crippen LogP contribution < -0.4 is 4.90 Å². The number of anilines is 1. The Morgan fingerprint density at radius 1 is 1.00 bits per heavy atom. The van der Waals surface area contributed by atoms with Crippen molar-refractivity contribution in [3.63, 3.8) is 0 Å². The number of rotatable bonds is 7. The van der Waals surface area contributed by atoms with Gasteiger partial charge in [0, 0.05) is 56.8 Å². The molecule has 0 atom stereocenters. The maximum Gasteiger partial charge on any atom is 0.222 e. The summed E-state index contributed by atoms with van der Waals surface area (Å²) in [7, 11) is 0. The molecule has 0 bridgehead atoms. The van der Waals surface area contributed by atoms with Crippen LogP contribution in [0.4, 0.5) is 5.69 Å². The van der Waals surface area contributed by atoms with Crippen molar-refractivity contribution in [2.24, 2.45) is 0 Å². The third kappa shape index (κ3) is 4.80. The van der Waals surface area contributed by atoms with Crippen LogP contribution in [-0.4, -0.2) is 52.5 Å². The second-order valence-electron chi connectivity index (χ2n) is 7.47. The fraction of sp³-hybridized carbons (Fsp3) is 0.500. The molecule has 6 nitrogen and oxygen atoms in total. The zero-order valence-electron chi connectivity index (χ0n) is 17.1. The van der Waals surface area contributed by atoms with E-state index in [1.165, 1.54) is 0 Å². The van der Waals surface area contributed by atoms with E-state index >= 15 is 0 Å². The van der Waals surface area contributed by atoms with Crippen LogP contribution in [0.2, 0.25) is 0 Å². The maximum absolute atomic E-state index is 12.4. The fourth-order valence-corrected chi connectivity index (χ4v) is 3.70. The number of aromatic nitrogens is 2. The Kier molecular flexibility index (Phi) is 6.49. The molecule has 0 saturated carbocycles. The van der Waals surface area contributed by atoms with E-state index in [9.17, 15) is 9.59 Å². The highest BCUT2D eigenvalue weighted by atomic mass is 16.2. The number of Topliss-reactive ketones (excluding diaryl/α,β-unsaturated/α-hetero) is 1. The van der Waals surface area contributed by atoms with Crippen LogP contribution in [0, 0.1) is 13.8 Å². The quantitative estimate of drug-likeness (QED) is 0.737. The molecule has 0 spiro atoms. The van der Waals surface area contributed by atoms with Crippen molar-refractivity contribution in [3.8, 4) is 5.69 Å². The Balaban J connectivity index is 1.56. The number of carbonyl (C=O) groups excluding carboxylic acids is 2. The molecule has 28 heavy (non-hydrogen) atoms. The third-order valence-electron chi connectivity index (χ3n) is 5.32. The molecule has 150 valence electrons. The number of hydrogen-bond acceptors (Lipinski definition) is 4. The predicted octanol–water partition coefficient (Wildman–Crippen LogP) is 3.29. The summed E-state index contributed by atoms with van der Waals surface area (Å²) >= 11 is 0. The molecular weight excluding hydrogens is 352 g/mol. The molecule has 0 unspecified atom stereocenters. The van der Waals surface area contributed by atoms with Crippen LogP contribution in [0.3, 0.4) is 0 Å². The molecule has 0 radical (unpaired) electrons. The Morgan fingerprint density at radius 2 is 1.71 bits per heavy atom. The molecule has 1 aromatic carbocycles. The molecule has 1 aromatic heterocycles. The van der Waals surface area contributed by atoms with E-state index in [1.807, 2.05) is 23.4 Å². The van der Waals surface area contributed by atoms with E-state index < -0.39 is 0 Å². The summed E-state index contributed by atoms with van der Waals surface area (Å²) in [4.78, 5) is 28.0. The van der Waals surface area contributed by atoms with E-state index in [-0.39, 0.29) is 11.7 Å². The number of nitrogens with zero attached hydrogens (tertiary/aromatic N) is 4. The second kappa shape index (κ2) is 9.04. The first kappa shape index (κ1) is 20.1. The zero-order valence-corrected chi connectivity index (χ0v) is 17.1. The summed E-state index contributed by atoms with van der Waals surface area (Å²) in [5.41, 5.74) is 4.34. The lowest BCUT2D eigenvalue weighted by atomic mass is 10.1. The average Bonchev–Trinajstić information content (AvgIpc) is 3.06. The number of piperazine rings is 1. The van der Waals surface area contributed by atoms with Gasteiger partial charge < -0.3 is 9.80 Å².